The highest BCUT2D eigenvalue weighted by atomic mass is 16.7. The summed E-state index contributed by atoms with van der Waals surface area (Å²) in [5.41, 5.74) is 0.753. The summed E-state index contributed by atoms with van der Waals surface area (Å²) in [6.45, 7) is 0.709. The maximum Gasteiger partial charge on any atom is 0.290 e. The summed E-state index contributed by atoms with van der Waals surface area (Å²) < 4.78 is 11.6. The fourth-order valence-electron chi connectivity index (χ4n) is 3.28. The Bertz CT molecular complexity index is 583. The minimum absolute atomic E-state index is 0.171. The Kier molecular flexibility index (Phi) is 6.48. The topological polar surface area (TPSA) is 67.8 Å². The minimum atomic E-state index is -0.384. The Hall–Kier alpha value is -1.85. The third kappa shape index (κ3) is 5.06. The van der Waals surface area contributed by atoms with Gasteiger partial charge in [0, 0.05) is 18.7 Å². The van der Waals surface area contributed by atoms with Gasteiger partial charge >= 0.3 is 0 Å². The van der Waals surface area contributed by atoms with Crippen LogP contribution in [0.3, 0.4) is 0 Å². The van der Waals surface area contributed by atoms with Gasteiger partial charge in [-0.05, 0) is 55.7 Å². The molecule has 5 heteroatoms. The van der Waals surface area contributed by atoms with Gasteiger partial charge in [0.2, 0.25) is 6.29 Å². The van der Waals surface area contributed by atoms with Crippen molar-refractivity contribution in [3.05, 3.63) is 42.2 Å². The van der Waals surface area contributed by atoms with E-state index in [2.05, 4.69) is 5.32 Å². The molecule has 0 spiro atoms. The number of hydrogen-bond acceptors (Lipinski definition) is 4. The number of allylic oxidation sites excluding steroid dienone is 1. The zero-order valence-electron chi connectivity index (χ0n) is 14.5. The van der Waals surface area contributed by atoms with E-state index in [0.717, 1.165) is 24.9 Å². The average Bonchev–Trinajstić information content (AvgIpc) is 2.58. The van der Waals surface area contributed by atoms with E-state index >= 15 is 0 Å². The molecule has 1 fully saturated rings. The van der Waals surface area contributed by atoms with E-state index in [0.29, 0.717) is 24.2 Å². The maximum atomic E-state index is 12.6. The molecule has 1 aliphatic carbocycles. The molecule has 0 saturated heterocycles. The van der Waals surface area contributed by atoms with Gasteiger partial charge < -0.3 is 19.9 Å². The van der Waals surface area contributed by atoms with Crippen LogP contribution in [0, 0.1) is 11.8 Å². The number of benzene rings is 1. The van der Waals surface area contributed by atoms with Crippen LogP contribution < -0.4 is 5.32 Å². The lowest BCUT2D eigenvalue weighted by Gasteiger charge is -2.37. The number of carbonyl (C=O) groups is 1. The number of aliphatic hydroxyl groups is 1. The largest absolute Gasteiger partial charge is 0.459 e. The summed E-state index contributed by atoms with van der Waals surface area (Å²) in [7, 11) is 0. The van der Waals surface area contributed by atoms with Crippen molar-refractivity contribution in [2.24, 2.45) is 11.8 Å². The monoisotopic (exact) mass is 345 g/mol. The molecule has 2 aliphatic rings. The second kappa shape index (κ2) is 9.02. The zero-order chi connectivity index (χ0) is 17.5. The zero-order valence-corrected chi connectivity index (χ0v) is 14.5. The Morgan fingerprint density at radius 2 is 2.04 bits per heavy atom. The van der Waals surface area contributed by atoms with Crippen LogP contribution in [-0.2, 0) is 14.3 Å². The Morgan fingerprint density at radius 1 is 1.24 bits per heavy atom. The first-order chi connectivity index (χ1) is 12.3. The van der Waals surface area contributed by atoms with Crippen molar-refractivity contribution in [2.75, 3.05) is 18.5 Å². The Balaban J connectivity index is 1.62. The number of hydrogen-bond donors (Lipinski definition) is 2. The summed E-state index contributed by atoms with van der Waals surface area (Å²) in [4.78, 5) is 12.6. The van der Waals surface area contributed by atoms with E-state index in [4.69, 9.17) is 14.6 Å². The summed E-state index contributed by atoms with van der Waals surface area (Å²) in [5.74, 6) is 1.10. The number of ether oxygens (including phenoxy) is 2. The molecule has 0 aromatic heterocycles. The van der Waals surface area contributed by atoms with E-state index in [1.807, 2.05) is 36.4 Å². The second-order valence-electron chi connectivity index (χ2n) is 6.79. The van der Waals surface area contributed by atoms with Gasteiger partial charge in [0.15, 0.2) is 5.76 Å². The quantitative estimate of drug-likeness (QED) is 0.708. The number of aliphatic hydroxyl groups excluding tert-OH is 1. The van der Waals surface area contributed by atoms with E-state index in [9.17, 15) is 4.79 Å². The van der Waals surface area contributed by atoms with Crippen molar-refractivity contribution in [2.45, 2.75) is 44.8 Å². The van der Waals surface area contributed by atoms with Gasteiger partial charge in [-0.3, -0.25) is 4.79 Å². The molecule has 1 aromatic rings. The summed E-state index contributed by atoms with van der Waals surface area (Å²) in [6, 6.07) is 9.39. The molecule has 0 radical (unpaired) electrons. The van der Waals surface area contributed by atoms with E-state index < -0.39 is 0 Å². The van der Waals surface area contributed by atoms with Gasteiger partial charge in [-0.25, -0.2) is 0 Å². The number of rotatable bonds is 8. The fraction of sp³-hybridized carbons (Fsp3) is 0.550. The van der Waals surface area contributed by atoms with Crippen LogP contribution in [0.5, 0.6) is 0 Å². The second-order valence-corrected chi connectivity index (χ2v) is 6.79. The molecular formula is C20H27NO4. The van der Waals surface area contributed by atoms with Crippen LogP contribution in [-0.4, -0.2) is 30.5 Å². The van der Waals surface area contributed by atoms with Crippen molar-refractivity contribution in [1.29, 1.82) is 0 Å². The molecule has 1 saturated carbocycles. The van der Waals surface area contributed by atoms with Crippen LogP contribution >= 0.6 is 0 Å². The molecule has 2 N–H and O–H groups in total. The average molecular weight is 345 g/mol. The van der Waals surface area contributed by atoms with Crippen molar-refractivity contribution < 1.29 is 19.4 Å². The lowest BCUT2D eigenvalue weighted by atomic mass is 9.73. The van der Waals surface area contributed by atoms with Crippen LogP contribution in [0.25, 0.3) is 0 Å². The van der Waals surface area contributed by atoms with Crippen LogP contribution in [0.4, 0.5) is 5.69 Å². The van der Waals surface area contributed by atoms with Crippen molar-refractivity contribution in [3.8, 4) is 0 Å². The third-order valence-corrected chi connectivity index (χ3v) is 4.96. The van der Waals surface area contributed by atoms with Crippen LogP contribution in [0.2, 0.25) is 0 Å². The van der Waals surface area contributed by atoms with Crippen LogP contribution in [0.1, 0.15) is 38.5 Å². The van der Waals surface area contributed by atoms with Gasteiger partial charge in [0.1, 0.15) is 0 Å². The van der Waals surface area contributed by atoms with Gasteiger partial charge in [-0.15, -0.1) is 0 Å². The number of amides is 1. The molecule has 1 aliphatic heterocycles. The van der Waals surface area contributed by atoms with Crippen molar-refractivity contribution >= 4 is 11.6 Å². The minimum Gasteiger partial charge on any atom is -0.459 e. The lowest BCUT2D eigenvalue weighted by molar-refractivity contribution is -0.150. The molecule has 0 bridgehead atoms. The van der Waals surface area contributed by atoms with Crippen molar-refractivity contribution in [3.63, 3.8) is 0 Å². The Morgan fingerprint density at radius 3 is 2.72 bits per heavy atom. The summed E-state index contributed by atoms with van der Waals surface area (Å²) >= 11 is 0. The molecule has 0 unspecified atom stereocenters. The SMILES string of the molecule is O=C(Nc1ccccc1)C1=C[C@H](C2CCC2)C[C@H](OCCCCO)O1. The predicted octanol–water partition coefficient (Wildman–Crippen LogP) is 3.46. The molecule has 1 aromatic carbocycles. The smallest absolute Gasteiger partial charge is 0.290 e. The van der Waals surface area contributed by atoms with E-state index in [1.165, 1.54) is 19.3 Å². The van der Waals surface area contributed by atoms with E-state index in [-0.39, 0.29) is 18.8 Å². The molecule has 25 heavy (non-hydrogen) atoms. The number of unbranched alkanes of at least 4 members (excludes halogenated alkanes) is 1. The highest BCUT2D eigenvalue weighted by Gasteiger charge is 2.34. The number of para-hydroxylation sites is 1. The standard InChI is InChI=1S/C20H27NO4/c22-11-4-5-12-24-19-14-16(15-7-6-8-15)13-18(25-19)20(23)21-17-9-2-1-3-10-17/h1-3,9-10,13,15-16,19,22H,4-8,11-12,14H2,(H,21,23)/t16-,19+/m0/s1. The van der Waals surface area contributed by atoms with Gasteiger partial charge in [-0.1, -0.05) is 24.6 Å². The molecule has 1 amide bonds. The highest BCUT2D eigenvalue weighted by Crippen LogP contribution is 2.40. The normalized spacial score (nSPS) is 23.3. The first-order valence-electron chi connectivity index (χ1n) is 9.23. The molecule has 2 atom stereocenters. The van der Waals surface area contributed by atoms with Gasteiger partial charge in [0.25, 0.3) is 5.91 Å². The predicted molar refractivity (Wildman–Crippen MR) is 95.7 cm³/mol. The lowest BCUT2D eigenvalue weighted by Crippen LogP contribution is -2.34. The molecule has 136 valence electrons. The summed E-state index contributed by atoms with van der Waals surface area (Å²) in [5, 5.41) is 11.7. The van der Waals surface area contributed by atoms with Crippen LogP contribution in [0.15, 0.2) is 42.2 Å². The number of anilines is 1. The highest BCUT2D eigenvalue weighted by molar-refractivity contribution is 6.02. The molecule has 3 rings (SSSR count). The Labute approximate surface area is 149 Å². The molecule has 1 heterocycles. The fourth-order valence-corrected chi connectivity index (χ4v) is 3.28. The van der Waals surface area contributed by atoms with Gasteiger partial charge in [-0.2, -0.15) is 0 Å². The number of carbonyl (C=O) groups excluding carboxylic acids is 1. The molecular weight excluding hydrogens is 318 g/mol. The maximum absolute atomic E-state index is 12.6. The van der Waals surface area contributed by atoms with E-state index in [1.54, 1.807) is 0 Å². The first kappa shape index (κ1) is 18.0. The third-order valence-electron chi connectivity index (χ3n) is 4.96. The first-order valence-corrected chi connectivity index (χ1v) is 9.23. The van der Waals surface area contributed by atoms with Gasteiger partial charge in [0.05, 0.1) is 6.61 Å². The van der Waals surface area contributed by atoms with Crippen molar-refractivity contribution in [1.82, 2.24) is 0 Å². The molecule has 5 nitrogen and oxygen atoms in total. The number of nitrogens with one attached hydrogen (secondary N) is 1. The summed E-state index contributed by atoms with van der Waals surface area (Å²) in [6.07, 6.45) is 7.60.